The van der Waals surface area contributed by atoms with Crippen molar-refractivity contribution < 1.29 is 19.4 Å². The largest absolute Gasteiger partial charge is 0.511 e. The SMILES string of the molecule is CC(C)N(c1nn(-c2ccc(/C=C/c3ccncc3)cc2)cc1OC(=O)O)C(=O)[C@H]1CC[C@H](C)CC1. The summed E-state index contributed by atoms with van der Waals surface area (Å²) in [4.78, 5) is 30.6. The van der Waals surface area contributed by atoms with Crippen molar-refractivity contribution in [2.45, 2.75) is 52.5 Å². The van der Waals surface area contributed by atoms with Gasteiger partial charge in [-0.1, -0.05) is 31.2 Å². The molecular weight excluding hydrogens is 456 g/mol. The van der Waals surface area contributed by atoms with Crippen LogP contribution >= 0.6 is 0 Å². The molecule has 8 heteroatoms. The fourth-order valence-electron chi connectivity index (χ4n) is 4.53. The lowest BCUT2D eigenvalue weighted by atomic mass is 9.82. The lowest BCUT2D eigenvalue weighted by molar-refractivity contribution is -0.124. The van der Waals surface area contributed by atoms with Crippen molar-refractivity contribution in [1.82, 2.24) is 14.8 Å². The van der Waals surface area contributed by atoms with Crippen LogP contribution in [0.5, 0.6) is 5.75 Å². The van der Waals surface area contributed by atoms with Crippen molar-refractivity contribution in [3.8, 4) is 11.4 Å². The highest BCUT2D eigenvalue weighted by Gasteiger charge is 2.34. The molecule has 1 amide bonds. The second-order valence-electron chi connectivity index (χ2n) is 9.59. The average Bonchev–Trinajstić information content (AvgIpc) is 3.26. The second kappa shape index (κ2) is 11.2. The lowest BCUT2D eigenvalue weighted by Crippen LogP contribution is -2.42. The fourth-order valence-corrected chi connectivity index (χ4v) is 4.53. The summed E-state index contributed by atoms with van der Waals surface area (Å²) in [6.07, 6.45) is 11.2. The van der Waals surface area contributed by atoms with Crippen LogP contribution in [0.15, 0.2) is 55.0 Å². The number of hydrogen-bond donors (Lipinski definition) is 1. The van der Waals surface area contributed by atoms with Gasteiger partial charge < -0.3 is 9.84 Å². The van der Waals surface area contributed by atoms with Gasteiger partial charge in [0.05, 0.1) is 11.9 Å². The van der Waals surface area contributed by atoms with E-state index in [0.717, 1.165) is 42.5 Å². The van der Waals surface area contributed by atoms with Crippen LogP contribution in [-0.2, 0) is 4.79 Å². The van der Waals surface area contributed by atoms with Gasteiger partial charge in [-0.3, -0.25) is 14.7 Å². The van der Waals surface area contributed by atoms with Crippen LogP contribution in [0, 0.1) is 11.8 Å². The summed E-state index contributed by atoms with van der Waals surface area (Å²) in [5.74, 6) is 0.745. The molecule has 0 saturated heterocycles. The number of anilines is 1. The summed E-state index contributed by atoms with van der Waals surface area (Å²) in [6.45, 7) is 6.01. The van der Waals surface area contributed by atoms with Crippen LogP contribution in [0.3, 0.4) is 0 Å². The number of carboxylic acid groups (broad SMARTS) is 1. The van der Waals surface area contributed by atoms with Gasteiger partial charge in [0.15, 0.2) is 5.75 Å². The first-order valence-corrected chi connectivity index (χ1v) is 12.3. The van der Waals surface area contributed by atoms with Crippen LogP contribution in [0.25, 0.3) is 17.8 Å². The molecule has 1 saturated carbocycles. The van der Waals surface area contributed by atoms with Crippen molar-refractivity contribution in [3.63, 3.8) is 0 Å². The van der Waals surface area contributed by atoms with Gasteiger partial charge in [0.25, 0.3) is 0 Å². The van der Waals surface area contributed by atoms with E-state index in [1.54, 1.807) is 22.0 Å². The number of carbonyl (C=O) groups excluding carboxylic acids is 1. The molecule has 0 atom stereocenters. The number of benzene rings is 1. The van der Waals surface area contributed by atoms with Gasteiger partial charge in [-0.15, -0.1) is 5.10 Å². The molecule has 4 rings (SSSR count). The zero-order valence-electron chi connectivity index (χ0n) is 20.9. The Morgan fingerprint density at radius 2 is 1.64 bits per heavy atom. The van der Waals surface area contributed by atoms with Gasteiger partial charge in [-0.05, 0) is 80.8 Å². The van der Waals surface area contributed by atoms with Crippen LogP contribution in [0.4, 0.5) is 10.6 Å². The average molecular weight is 489 g/mol. The van der Waals surface area contributed by atoms with Crippen LogP contribution in [0.2, 0.25) is 0 Å². The normalized spacial score (nSPS) is 17.9. The maximum atomic E-state index is 13.5. The summed E-state index contributed by atoms with van der Waals surface area (Å²) in [5, 5.41) is 13.9. The van der Waals surface area contributed by atoms with Crippen LogP contribution in [-0.4, -0.2) is 38.0 Å². The molecule has 0 spiro atoms. The van der Waals surface area contributed by atoms with Gasteiger partial charge in [0.1, 0.15) is 0 Å². The number of hydrogen-bond acceptors (Lipinski definition) is 5. The molecule has 36 heavy (non-hydrogen) atoms. The summed E-state index contributed by atoms with van der Waals surface area (Å²) >= 11 is 0. The van der Waals surface area contributed by atoms with Crippen molar-refractivity contribution >= 4 is 30.0 Å². The minimum absolute atomic E-state index is 0.0333. The zero-order valence-corrected chi connectivity index (χ0v) is 20.9. The molecule has 8 nitrogen and oxygen atoms in total. The minimum Gasteiger partial charge on any atom is -0.449 e. The Hall–Kier alpha value is -3.94. The first-order chi connectivity index (χ1) is 17.3. The predicted molar refractivity (Wildman–Crippen MR) is 139 cm³/mol. The number of pyridine rings is 1. The summed E-state index contributed by atoms with van der Waals surface area (Å²) < 4.78 is 6.62. The van der Waals surface area contributed by atoms with E-state index in [-0.39, 0.29) is 29.4 Å². The molecule has 0 bridgehead atoms. The Balaban J connectivity index is 1.61. The van der Waals surface area contributed by atoms with Gasteiger partial charge in [-0.25, -0.2) is 9.48 Å². The molecule has 1 aliphatic rings. The summed E-state index contributed by atoms with van der Waals surface area (Å²) in [6, 6.07) is 11.3. The minimum atomic E-state index is -1.45. The van der Waals surface area contributed by atoms with E-state index < -0.39 is 6.16 Å². The van der Waals surface area contributed by atoms with Crippen molar-refractivity contribution in [2.75, 3.05) is 4.90 Å². The topological polar surface area (TPSA) is 97.6 Å². The Bertz CT molecular complexity index is 1210. The number of rotatable bonds is 7. The molecule has 3 aromatic rings. The Morgan fingerprint density at radius 1 is 1.03 bits per heavy atom. The molecule has 2 aromatic heterocycles. The second-order valence-corrected chi connectivity index (χ2v) is 9.59. The van der Waals surface area contributed by atoms with Crippen LogP contribution in [0.1, 0.15) is 57.6 Å². The Kier molecular flexibility index (Phi) is 7.83. The maximum absolute atomic E-state index is 13.5. The number of amides is 1. The number of carbonyl (C=O) groups is 2. The molecular formula is C28H32N4O4. The number of nitrogens with zero attached hydrogens (tertiary/aromatic N) is 4. The number of aromatic nitrogens is 3. The van der Waals surface area contributed by atoms with E-state index in [0.29, 0.717) is 5.92 Å². The Morgan fingerprint density at radius 3 is 2.22 bits per heavy atom. The van der Waals surface area contributed by atoms with Gasteiger partial charge in [0, 0.05) is 24.4 Å². The molecule has 0 unspecified atom stereocenters. The quantitative estimate of drug-likeness (QED) is 0.406. The van der Waals surface area contributed by atoms with E-state index in [4.69, 9.17) is 4.74 Å². The lowest BCUT2D eigenvalue weighted by Gasteiger charge is -2.32. The third-order valence-corrected chi connectivity index (χ3v) is 6.54. The van der Waals surface area contributed by atoms with E-state index in [9.17, 15) is 14.7 Å². The van der Waals surface area contributed by atoms with E-state index in [1.165, 1.54) is 6.20 Å². The standard InChI is InChI=1S/C28H32N4O4/c1-19(2)32(27(33)23-10-4-20(3)5-11-23)26-25(36-28(34)35)18-31(30-26)24-12-8-21(9-13-24)6-7-22-14-16-29-17-15-22/h6-9,12-20,23H,4-5,10-11H2,1-3H3,(H,34,35)/b7-6+/t20-,23-. The monoisotopic (exact) mass is 488 g/mol. The molecule has 1 aliphatic carbocycles. The molecule has 1 fully saturated rings. The first kappa shape index (κ1) is 25.2. The van der Waals surface area contributed by atoms with Crippen molar-refractivity contribution in [1.29, 1.82) is 0 Å². The van der Waals surface area contributed by atoms with E-state index in [1.807, 2.05) is 62.4 Å². The predicted octanol–water partition coefficient (Wildman–Crippen LogP) is 6.06. The summed E-state index contributed by atoms with van der Waals surface area (Å²) in [7, 11) is 0. The highest BCUT2D eigenvalue weighted by molar-refractivity contribution is 5.96. The maximum Gasteiger partial charge on any atom is 0.511 e. The van der Waals surface area contributed by atoms with E-state index >= 15 is 0 Å². The molecule has 2 heterocycles. The molecule has 0 aliphatic heterocycles. The fraction of sp³-hybridized carbons (Fsp3) is 0.357. The highest BCUT2D eigenvalue weighted by atomic mass is 16.7. The smallest absolute Gasteiger partial charge is 0.449 e. The first-order valence-electron chi connectivity index (χ1n) is 12.3. The molecule has 1 aromatic carbocycles. The van der Waals surface area contributed by atoms with Gasteiger partial charge in [0.2, 0.25) is 11.7 Å². The molecule has 1 N–H and O–H groups in total. The molecule has 0 radical (unpaired) electrons. The van der Waals surface area contributed by atoms with Gasteiger partial charge in [-0.2, -0.15) is 0 Å². The van der Waals surface area contributed by atoms with Crippen molar-refractivity contribution in [2.24, 2.45) is 11.8 Å². The van der Waals surface area contributed by atoms with Gasteiger partial charge >= 0.3 is 6.16 Å². The molecule has 188 valence electrons. The number of ether oxygens (including phenoxy) is 1. The van der Waals surface area contributed by atoms with E-state index in [2.05, 4.69) is 17.0 Å². The summed E-state index contributed by atoms with van der Waals surface area (Å²) in [5.41, 5.74) is 2.77. The van der Waals surface area contributed by atoms with Crippen molar-refractivity contribution in [3.05, 3.63) is 66.1 Å². The highest BCUT2D eigenvalue weighted by Crippen LogP contribution is 2.35. The van der Waals surface area contributed by atoms with Crippen LogP contribution < -0.4 is 9.64 Å². The third kappa shape index (κ3) is 6.00. The third-order valence-electron chi connectivity index (χ3n) is 6.54. The zero-order chi connectivity index (χ0) is 25.7. The Labute approximate surface area is 211 Å².